The zero-order chi connectivity index (χ0) is 14.0. The molecule has 1 N–H and O–H groups in total. The molecule has 0 aliphatic carbocycles. The summed E-state index contributed by atoms with van der Waals surface area (Å²) in [4.78, 5) is 12.1. The van der Waals surface area contributed by atoms with Gasteiger partial charge in [0, 0.05) is 22.6 Å². The molecule has 0 bridgehead atoms. The van der Waals surface area contributed by atoms with Gasteiger partial charge in [-0.05, 0) is 50.1 Å². The third-order valence-corrected chi connectivity index (χ3v) is 4.26. The van der Waals surface area contributed by atoms with E-state index in [9.17, 15) is 4.79 Å². The lowest BCUT2D eigenvalue weighted by molar-refractivity contribution is -0.119. The molecule has 0 saturated heterocycles. The normalized spacial score (nSPS) is 12.2. The van der Waals surface area contributed by atoms with Gasteiger partial charge in [-0.1, -0.05) is 15.9 Å². The lowest BCUT2D eigenvalue weighted by atomic mass is 10.1. The molecule has 2 rings (SSSR count). The number of carbonyl (C=O) groups excluding carboxylic acids is 1. The second kappa shape index (κ2) is 5.57. The van der Waals surface area contributed by atoms with Gasteiger partial charge in [-0.3, -0.25) is 9.48 Å². The minimum Gasteiger partial charge on any atom is -0.324 e. The average molecular weight is 322 g/mol. The quantitative estimate of drug-likeness (QED) is 0.941. The molecule has 4 nitrogen and oxygen atoms in total. The lowest BCUT2D eigenvalue weighted by Gasteiger charge is -2.14. The van der Waals surface area contributed by atoms with Gasteiger partial charge in [-0.25, -0.2) is 0 Å². The molecule has 1 aromatic carbocycles. The van der Waals surface area contributed by atoms with E-state index in [-0.39, 0.29) is 11.9 Å². The van der Waals surface area contributed by atoms with Crippen LogP contribution in [-0.2, 0) is 4.79 Å². The molecule has 1 heterocycles. The second-order valence-electron chi connectivity index (χ2n) is 4.58. The Balaban J connectivity index is 2.15. The highest BCUT2D eigenvalue weighted by atomic mass is 79.9. The van der Waals surface area contributed by atoms with Crippen LogP contribution in [0.3, 0.4) is 0 Å². The summed E-state index contributed by atoms with van der Waals surface area (Å²) in [6.45, 7) is 5.83. The molecule has 100 valence electrons. The number of nitrogens with one attached hydrogen (secondary N) is 1. The lowest BCUT2D eigenvalue weighted by Crippen LogP contribution is -2.24. The Hall–Kier alpha value is -1.62. The molecule has 19 heavy (non-hydrogen) atoms. The first kappa shape index (κ1) is 13.8. The SMILES string of the molecule is Cc1cc(NC(=O)C(C)n2cccn2)cc(C)c1Br. The molecule has 1 amide bonds. The highest BCUT2D eigenvalue weighted by Gasteiger charge is 2.15. The first-order valence-corrected chi connectivity index (χ1v) is 6.85. The Morgan fingerprint density at radius 1 is 1.37 bits per heavy atom. The molecule has 1 aromatic heterocycles. The molecule has 0 spiro atoms. The van der Waals surface area contributed by atoms with Gasteiger partial charge in [0.25, 0.3) is 0 Å². The van der Waals surface area contributed by atoms with E-state index >= 15 is 0 Å². The molecule has 0 fully saturated rings. The fraction of sp³-hybridized carbons (Fsp3) is 0.286. The van der Waals surface area contributed by atoms with Crippen molar-refractivity contribution in [2.75, 3.05) is 5.32 Å². The van der Waals surface area contributed by atoms with Gasteiger partial charge in [0.2, 0.25) is 5.91 Å². The summed E-state index contributed by atoms with van der Waals surface area (Å²) < 4.78 is 2.71. The van der Waals surface area contributed by atoms with E-state index in [0.29, 0.717) is 0 Å². The zero-order valence-corrected chi connectivity index (χ0v) is 12.7. The highest BCUT2D eigenvalue weighted by Crippen LogP contribution is 2.25. The third-order valence-electron chi connectivity index (χ3n) is 3.01. The first-order valence-electron chi connectivity index (χ1n) is 6.06. The number of aryl methyl sites for hydroxylation is 2. The predicted molar refractivity (Wildman–Crippen MR) is 79.2 cm³/mol. The molecule has 2 aromatic rings. The summed E-state index contributed by atoms with van der Waals surface area (Å²) in [6.07, 6.45) is 3.44. The molecule has 1 unspecified atom stereocenters. The molecular weight excluding hydrogens is 306 g/mol. The van der Waals surface area contributed by atoms with Crippen molar-refractivity contribution in [3.05, 3.63) is 46.2 Å². The van der Waals surface area contributed by atoms with Crippen molar-refractivity contribution < 1.29 is 4.79 Å². The summed E-state index contributed by atoms with van der Waals surface area (Å²) >= 11 is 3.51. The average Bonchev–Trinajstić information content (AvgIpc) is 2.88. The van der Waals surface area contributed by atoms with E-state index in [1.54, 1.807) is 23.1 Å². The van der Waals surface area contributed by atoms with Gasteiger partial charge in [-0.2, -0.15) is 5.10 Å². The summed E-state index contributed by atoms with van der Waals surface area (Å²) in [6, 6.07) is 5.37. The minimum atomic E-state index is -0.334. The Morgan fingerprint density at radius 3 is 2.53 bits per heavy atom. The van der Waals surface area contributed by atoms with Gasteiger partial charge in [0.1, 0.15) is 6.04 Å². The maximum atomic E-state index is 12.1. The van der Waals surface area contributed by atoms with Crippen LogP contribution in [0.15, 0.2) is 35.1 Å². The number of carbonyl (C=O) groups is 1. The first-order chi connectivity index (χ1) is 8.99. The van der Waals surface area contributed by atoms with Crippen molar-refractivity contribution in [1.82, 2.24) is 9.78 Å². The van der Waals surface area contributed by atoms with E-state index in [1.165, 1.54) is 0 Å². The van der Waals surface area contributed by atoms with Crippen LogP contribution in [-0.4, -0.2) is 15.7 Å². The Labute approximate surface area is 120 Å². The largest absolute Gasteiger partial charge is 0.324 e. The van der Waals surface area contributed by atoms with Crippen LogP contribution in [0.25, 0.3) is 0 Å². The smallest absolute Gasteiger partial charge is 0.248 e. The van der Waals surface area contributed by atoms with Crippen LogP contribution in [0.5, 0.6) is 0 Å². The van der Waals surface area contributed by atoms with Crippen molar-refractivity contribution in [2.24, 2.45) is 0 Å². The second-order valence-corrected chi connectivity index (χ2v) is 5.37. The van der Waals surface area contributed by atoms with E-state index < -0.39 is 0 Å². The minimum absolute atomic E-state index is 0.0789. The Bertz CT molecular complexity index is 570. The van der Waals surface area contributed by atoms with Crippen LogP contribution in [0.1, 0.15) is 24.1 Å². The van der Waals surface area contributed by atoms with Crippen molar-refractivity contribution in [3.63, 3.8) is 0 Å². The predicted octanol–water partition coefficient (Wildman–Crippen LogP) is 3.46. The van der Waals surface area contributed by atoms with Crippen LogP contribution >= 0.6 is 15.9 Å². The van der Waals surface area contributed by atoms with E-state index in [0.717, 1.165) is 21.3 Å². The number of nitrogens with zero attached hydrogens (tertiary/aromatic N) is 2. The van der Waals surface area contributed by atoms with Crippen molar-refractivity contribution in [3.8, 4) is 0 Å². The molecule has 0 radical (unpaired) electrons. The summed E-state index contributed by atoms with van der Waals surface area (Å²) in [5, 5.41) is 6.99. The van der Waals surface area contributed by atoms with Gasteiger partial charge in [0.05, 0.1) is 0 Å². The number of hydrogen-bond donors (Lipinski definition) is 1. The van der Waals surface area contributed by atoms with Crippen molar-refractivity contribution >= 4 is 27.5 Å². The Morgan fingerprint density at radius 2 is 2.00 bits per heavy atom. The monoisotopic (exact) mass is 321 g/mol. The molecule has 0 saturated carbocycles. The maximum absolute atomic E-state index is 12.1. The number of anilines is 1. The van der Waals surface area contributed by atoms with E-state index in [2.05, 4.69) is 26.3 Å². The van der Waals surface area contributed by atoms with Gasteiger partial charge >= 0.3 is 0 Å². The van der Waals surface area contributed by atoms with Gasteiger partial charge < -0.3 is 5.32 Å². The number of aromatic nitrogens is 2. The summed E-state index contributed by atoms with van der Waals surface area (Å²) in [7, 11) is 0. The van der Waals surface area contributed by atoms with Crippen LogP contribution in [0.4, 0.5) is 5.69 Å². The number of benzene rings is 1. The Kier molecular flexibility index (Phi) is 4.04. The topological polar surface area (TPSA) is 46.9 Å². The summed E-state index contributed by atoms with van der Waals surface area (Å²) in [5.74, 6) is -0.0789. The number of hydrogen-bond acceptors (Lipinski definition) is 2. The van der Waals surface area contributed by atoms with E-state index in [4.69, 9.17) is 0 Å². The molecule has 1 atom stereocenters. The fourth-order valence-corrected chi connectivity index (χ4v) is 2.12. The molecular formula is C14H16BrN3O. The summed E-state index contributed by atoms with van der Waals surface area (Å²) in [5.41, 5.74) is 3.01. The van der Waals surface area contributed by atoms with Crippen LogP contribution in [0, 0.1) is 13.8 Å². The third kappa shape index (κ3) is 3.04. The highest BCUT2D eigenvalue weighted by molar-refractivity contribution is 9.10. The number of amides is 1. The number of halogens is 1. The fourth-order valence-electron chi connectivity index (χ4n) is 1.89. The zero-order valence-electron chi connectivity index (χ0n) is 11.1. The van der Waals surface area contributed by atoms with Crippen LogP contribution in [0.2, 0.25) is 0 Å². The molecule has 0 aliphatic heterocycles. The van der Waals surface area contributed by atoms with Crippen LogP contribution < -0.4 is 5.32 Å². The van der Waals surface area contributed by atoms with Crippen molar-refractivity contribution in [2.45, 2.75) is 26.8 Å². The number of rotatable bonds is 3. The van der Waals surface area contributed by atoms with Gasteiger partial charge in [0.15, 0.2) is 0 Å². The molecule has 5 heteroatoms. The molecule has 0 aliphatic rings. The van der Waals surface area contributed by atoms with Gasteiger partial charge in [-0.15, -0.1) is 0 Å². The maximum Gasteiger partial charge on any atom is 0.248 e. The van der Waals surface area contributed by atoms with E-state index in [1.807, 2.05) is 32.9 Å². The standard InChI is InChI=1S/C14H16BrN3O/c1-9-7-12(8-10(2)13(9)15)17-14(19)11(3)18-6-4-5-16-18/h4-8,11H,1-3H3,(H,17,19). The van der Waals surface area contributed by atoms with Crippen molar-refractivity contribution in [1.29, 1.82) is 0 Å².